The van der Waals surface area contributed by atoms with Crippen LogP contribution in [0.5, 0.6) is 0 Å². The van der Waals surface area contributed by atoms with Crippen LogP contribution < -0.4 is 27.0 Å². The van der Waals surface area contributed by atoms with Gasteiger partial charge in [0.2, 0.25) is 17.7 Å². The largest absolute Gasteiger partial charge is 0.445 e. The van der Waals surface area contributed by atoms with Crippen LogP contribution in [0.25, 0.3) is 0 Å². The number of ether oxygens (including phenoxy) is 1. The molecule has 1 aromatic rings. The van der Waals surface area contributed by atoms with Gasteiger partial charge in [-0.15, -0.1) is 0 Å². The molecule has 3 atom stereocenters. The lowest BCUT2D eigenvalue weighted by molar-refractivity contribution is -0.137. The highest BCUT2D eigenvalue weighted by atomic mass is 16.6. The Labute approximate surface area is 294 Å². The highest BCUT2D eigenvalue weighted by Crippen LogP contribution is 2.15. The Kier molecular flexibility index (Phi) is 16.9. The average molecular weight is 700 g/mol. The van der Waals surface area contributed by atoms with E-state index in [0.29, 0.717) is 36.9 Å². The number of nitrogens with zero attached hydrogens (tertiary/aromatic N) is 2. The number of nitrogens with two attached hydrogens (primary N) is 1. The van der Waals surface area contributed by atoms with E-state index in [2.05, 4.69) is 21.3 Å². The number of amides is 8. The van der Waals surface area contributed by atoms with Crippen LogP contribution in [0.1, 0.15) is 78.7 Å². The predicted octanol–water partition coefficient (Wildman–Crippen LogP) is 2.80. The van der Waals surface area contributed by atoms with Crippen LogP contribution >= 0.6 is 0 Å². The number of imide groups is 1. The van der Waals surface area contributed by atoms with Crippen LogP contribution in [0.2, 0.25) is 0 Å². The van der Waals surface area contributed by atoms with Gasteiger partial charge in [-0.25, -0.2) is 9.59 Å². The van der Waals surface area contributed by atoms with Gasteiger partial charge >= 0.3 is 12.1 Å². The first kappa shape index (κ1) is 41.2. The number of carbonyl (C=O) groups is 7. The van der Waals surface area contributed by atoms with Gasteiger partial charge in [0.1, 0.15) is 18.7 Å². The molecular formula is C35H53N7O8. The van der Waals surface area contributed by atoms with Crippen molar-refractivity contribution < 1.29 is 38.3 Å². The van der Waals surface area contributed by atoms with Gasteiger partial charge in [-0.2, -0.15) is 0 Å². The fourth-order valence-corrected chi connectivity index (χ4v) is 4.99. The topological polar surface area (TPSA) is 209 Å². The van der Waals surface area contributed by atoms with Gasteiger partial charge in [0.05, 0.1) is 0 Å². The number of nitrogens with one attached hydrogen (secondary N) is 4. The number of carbonyl (C=O) groups excluding carboxylic acids is 7. The maximum Gasteiger partial charge on any atom is 0.410 e. The summed E-state index contributed by atoms with van der Waals surface area (Å²) in [6.07, 6.45) is 4.31. The number of unbranched alkanes of at least 4 members (excludes halogenated alkanes) is 2. The van der Waals surface area contributed by atoms with Crippen LogP contribution in [0, 0.1) is 11.8 Å². The number of hydrogen-bond acceptors (Lipinski definition) is 8. The van der Waals surface area contributed by atoms with Crippen molar-refractivity contribution in [2.45, 2.75) is 97.9 Å². The first-order valence-electron chi connectivity index (χ1n) is 17.1. The van der Waals surface area contributed by atoms with Gasteiger partial charge < -0.3 is 36.6 Å². The molecule has 0 aromatic heterocycles. The Morgan fingerprint density at radius 1 is 0.840 bits per heavy atom. The Balaban J connectivity index is 1.96. The second kappa shape index (κ2) is 20.5. The van der Waals surface area contributed by atoms with Crippen molar-refractivity contribution in [2.24, 2.45) is 17.6 Å². The Morgan fingerprint density at radius 2 is 1.48 bits per heavy atom. The van der Waals surface area contributed by atoms with Crippen LogP contribution in [-0.4, -0.2) is 89.7 Å². The van der Waals surface area contributed by atoms with Crippen molar-refractivity contribution >= 4 is 47.3 Å². The normalized spacial score (nSPS) is 14.3. The zero-order chi connectivity index (χ0) is 37.4. The van der Waals surface area contributed by atoms with E-state index in [1.807, 2.05) is 20.8 Å². The third kappa shape index (κ3) is 13.9. The number of hydrogen-bond donors (Lipinski definition) is 5. The van der Waals surface area contributed by atoms with Crippen LogP contribution in [0.4, 0.5) is 15.3 Å². The summed E-state index contributed by atoms with van der Waals surface area (Å²) in [6, 6.07) is 4.12. The second-order valence-corrected chi connectivity index (χ2v) is 13.1. The fraction of sp³-hybridized carbons (Fsp3) is 0.571. The van der Waals surface area contributed by atoms with Gasteiger partial charge in [0.25, 0.3) is 11.8 Å². The lowest BCUT2D eigenvalue weighted by Gasteiger charge is -2.27. The third-order valence-electron chi connectivity index (χ3n) is 8.50. The lowest BCUT2D eigenvalue weighted by atomic mass is 10.0. The van der Waals surface area contributed by atoms with Crippen LogP contribution in [0.15, 0.2) is 36.4 Å². The maximum absolute atomic E-state index is 13.4. The monoisotopic (exact) mass is 699 g/mol. The van der Waals surface area contributed by atoms with Crippen LogP contribution in [0.3, 0.4) is 0 Å². The summed E-state index contributed by atoms with van der Waals surface area (Å²) in [5.41, 5.74) is 6.32. The molecule has 0 aliphatic carbocycles. The third-order valence-corrected chi connectivity index (χ3v) is 8.50. The minimum Gasteiger partial charge on any atom is -0.445 e. The molecule has 2 rings (SSSR count). The number of anilines is 1. The summed E-state index contributed by atoms with van der Waals surface area (Å²) in [6.45, 7) is 10.1. The molecule has 50 heavy (non-hydrogen) atoms. The first-order chi connectivity index (χ1) is 23.6. The summed E-state index contributed by atoms with van der Waals surface area (Å²) in [5.74, 6) is -2.09. The number of urea groups is 1. The molecule has 0 bridgehead atoms. The molecule has 0 fully saturated rings. The molecule has 0 saturated heterocycles. The van der Waals surface area contributed by atoms with Gasteiger partial charge in [0, 0.05) is 50.4 Å². The molecule has 8 amide bonds. The highest BCUT2D eigenvalue weighted by molar-refractivity contribution is 6.12. The minimum absolute atomic E-state index is 0.00889. The van der Waals surface area contributed by atoms with E-state index >= 15 is 0 Å². The van der Waals surface area contributed by atoms with Crippen molar-refractivity contribution in [1.29, 1.82) is 0 Å². The summed E-state index contributed by atoms with van der Waals surface area (Å²) >= 11 is 0. The smallest absolute Gasteiger partial charge is 0.410 e. The molecule has 0 radical (unpaired) electrons. The molecule has 6 N–H and O–H groups in total. The average Bonchev–Trinajstić information content (AvgIpc) is 3.39. The van der Waals surface area contributed by atoms with Gasteiger partial charge in [-0.1, -0.05) is 46.2 Å². The van der Waals surface area contributed by atoms with Gasteiger partial charge in [-0.05, 0) is 62.1 Å². The number of primary amides is 1. The second-order valence-electron chi connectivity index (χ2n) is 13.1. The molecular weight excluding hydrogens is 646 g/mol. The van der Waals surface area contributed by atoms with Crippen molar-refractivity contribution in [1.82, 2.24) is 25.8 Å². The molecule has 1 aromatic carbocycles. The summed E-state index contributed by atoms with van der Waals surface area (Å²) in [4.78, 5) is 89.1. The van der Waals surface area contributed by atoms with Crippen molar-refractivity contribution in [2.75, 3.05) is 25.5 Å². The van der Waals surface area contributed by atoms with Gasteiger partial charge in [-0.3, -0.25) is 28.9 Å². The fourth-order valence-electron chi connectivity index (χ4n) is 4.99. The zero-order valence-corrected chi connectivity index (χ0v) is 30.0. The van der Waals surface area contributed by atoms with Gasteiger partial charge in [0.15, 0.2) is 0 Å². The molecule has 1 aliphatic heterocycles. The molecule has 0 spiro atoms. The van der Waals surface area contributed by atoms with E-state index in [0.717, 1.165) is 4.90 Å². The number of rotatable bonds is 20. The van der Waals surface area contributed by atoms with Crippen LogP contribution in [-0.2, 0) is 35.3 Å². The molecule has 1 heterocycles. The predicted molar refractivity (Wildman–Crippen MR) is 187 cm³/mol. The van der Waals surface area contributed by atoms with E-state index in [9.17, 15) is 33.6 Å². The quantitative estimate of drug-likeness (QED) is 0.101. The molecule has 15 nitrogen and oxygen atoms in total. The summed E-state index contributed by atoms with van der Waals surface area (Å²) in [5, 5.41) is 10.8. The van der Waals surface area contributed by atoms with Crippen molar-refractivity contribution in [3.63, 3.8) is 0 Å². The molecule has 15 heteroatoms. The minimum atomic E-state index is -1.00. The molecule has 276 valence electrons. The molecule has 0 unspecified atom stereocenters. The summed E-state index contributed by atoms with van der Waals surface area (Å²) in [7, 11) is 1.69. The Hall–Kier alpha value is -4.95. The maximum atomic E-state index is 13.4. The van der Waals surface area contributed by atoms with E-state index in [1.54, 1.807) is 50.1 Å². The lowest BCUT2D eigenvalue weighted by Crippen LogP contribution is -2.54. The highest BCUT2D eigenvalue weighted by Gasteiger charge is 2.29. The molecule has 1 aliphatic rings. The number of benzene rings is 1. The Morgan fingerprint density at radius 3 is 2.06 bits per heavy atom. The summed E-state index contributed by atoms with van der Waals surface area (Å²) < 4.78 is 5.42. The van der Waals surface area contributed by atoms with E-state index in [1.165, 1.54) is 12.2 Å². The standard InChI is InChI=1S/C35H53N7O8/c1-22(2)24(5)41(6)35(49)50-21-25-13-15-26(16-14-25)38-32(46)27(11-10-19-37-34(36)48)39-33(47)31(23(3)4)40-28(43)12-8-7-9-20-42-29(44)17-18-30(42)45/h13-18,22-24,27,31H,7-12,19-21H2,1-6H3,(H,38,46)(H,39,47)(H,40,43)(H3,36,37,48)/t24-,27+,31+/m1/s1. The zero-order valence-electron chi connectivity index (χ0n) is 30.0. The van der Waals surface area contributed by atoms with E-state index < -0.39 is 36.0 Å². The Bertz CT molecular complexity index is 1360. The van der Waals surface area contributed by atoms with E-state index in [-0.39, 0.29) is 68.1 Å². The van der Waals surface area contributed by atoms with Crippen molar-refractivity contribution in [3.8, 4) is 0 Å². The molecule has 0 saturated carbocycles. The van der Waals surface area contributed by atoms with E-state index in [4.69, 9.17) is 10.5 Å². The first-order valence-corrected chi connectivity index (χ1v) is 17.1. The SMILES string of the molecule is CC(C)[C@H](NC(=O)CCCCCN1C(=O)C=CC1=O)C(=O)N[C@@H](CCCNC(N)=O)C(=O)Nc1ccc(COC(=O)N(C)[C@H](C)C(C)C)cc1. The van der Waals surface area contributed by atoms with Crippen molar-refractivity contribution in [3.05, 3.63) is 42.0 Å².